The average molecular weight is 322 g/mol. The van der Waals surface area contributed by atoms with Crippen LogP contribution in [0.1, 0.15) is 18.4 Å². The van der Waals surface area contributed by atoms with Gasteiger partial charge in [0.15, 0.2) is 5.60 Å². The molecule has 6 heteroatoms. The molecule has 0 aromatic heterocycles. The zero-order valence-corrected chi connectivity index (χ0v) is 13.2. The van der Waals surface area contributed by atoms with Gasteiger partial charge in [-0.3, -0.25) is 9.69 Å². The summed E-state index contributed by atoms with van der Waals surface area (Å²) < 4.78 is 18.3. The average Bonchev–Trinajstić information content (AvgIpc) is 2.55. The van der Waals surface area contributed by atoms with E-state index in [1.165, 1.54) is 12.1 Å². The van der Waals surface area contributed by atoms with E-state index in [-0.39, 0.29) is 11.7 Å². The zero-order chi connectivity index (χ0) is 16.3. The molecule has 2 aliphatic rings. The number of β-amino-alcohol motifs (C(OH)–C–C–N with tert-alkyl or cyclic N) is 1. The van der Waals surface area contributed by atoms with E-state index in [1.54, 1.807) is 17.0 Å². The lowest BCUT2D eigenvalue weighted by molar-refractivity contribution is -0.161. The van der Waals surface area contributed by atoms with Crippen LogP contribution < -0.4 is 0 Å². The smallest absolute Gasteiger partial charge is 0.256 e. The van der Waals surface area contributed by atoms with Gasteiger partial charge in [0, 0.05) is 32.7 Å². The molecule has 2 aliphatic heterocycles. The molecule has 1 amide bonds. The van der Waals surface area contributed by atoms with Crippen molar-refractivity contribution in [3.8, 4) is 0 Å². The van der Waals surface area contributed by atoms with Crippen LogP contribution in [0, 0.1) is 5.82 Å². The molecule has 0 bridgehead atoms. The summed E-state index contributed by atoms with van der Waals surface area (Å²) in [5.74, 6) is -0.512. The van der Waals surface area contributed by atoms with Crippen LogP contribution in [0.5, 0.6) is 0 Å². The van der Waals surface area contributed by atoms with E-state index in [1.807, 2.05) is 0 Å². The van der Waals surface area contributed by atoms with Crippen LogP contribution in [-0.2, 0) is 16.1 Å². The van der Waals surface area contributed by atoms with Crippen molar-refractivity contribution >= 4 is 5.91 Å². The van der Waals surface area contributed by atoms with Gasteiger partial charge < -0.3 is 14.7 Å². The van der Waals surface area contributed by atoms with E-state index in [0.29, 0.717) is 39.3 Å². The van der Waals surface area contributed by atoms with E-state index < -0.39 is 5.60 Å². The Bertz CT molecular complexity index is 545. The molecule has 2 heterocycles. The normalized spacial score (nSPS) is 26.5. The Kier molecular flexibility index (Phi) is 4.94. The second-order valence-corrected chi connectivity index (χ2v) is 6.38. The zero-order valence-electron chi connectivity index (χ0n) is 13.2. The van der Waals surface area contributed by atoms with Gasteiger partial charge in [0.1, 0.15) is 5.82 Å². The number of hydrogen-bond donors (Lipinski definition) is 1. The molecular weight excluding hydrogens is 299 g/mol. The number of carbonyl (C=O) groups excluding carboxylic acids is 1. The van der Waals surface area contributed by atoms with Crippen LogP contribution in [0.15, 0.2) is 24.3 Å². The number of halogens is 1. The number of nitrogens with zero attached hydrogens (tertiary/aromatic N) is 2. The number of amides is 1. The maximum Gasteiger partial charge on any atom is 0.256 e. The first kappa shape index (κ1) is 16.4. The number of hydrogen-bond acceptors (Lipinski definition) is 4. The van der Waals surface area contributed by atoms with Crippen LogP contribution >= 0.6 is 0 Å². The molecule has 1 aromatic carbocycles. The Morgan fingerprint density at radius 2 is 1.87 bits per heavy atom. The molecule has 1 atom stereocenters. The molecule has 23 heavy (non-hydrogen) atoms. The third-order valence-electron chi connectivity index (χ3n) is 4.58. The maximum absolute atomic E-state index is 13.0. The molecule has 0 saturated carbocycles. The first-order valence-electron chi connectivity index (χ1n) is 8.13. The minimum atomic E-state index is -1.32. The highest BCUT2D eigenvalue weighted by atomic mass is 19.1. The van der Waals surface area contributed by atoms with E-state index >= 15 is 0 Å². The van der Waals surface area contributed by atoms with Crippen LogP contribution in [0.3, 0.4) is 0 Å². The van der Waals surface area contributed by atoms with Gasteiger partial charge in [-0.1, -0.05) is 12.1 Å². The van der Waals surface area contributed by atoms with Crippen molar-refractivity contribution in [1.82, 2.24) is 9.80 Å². The molecule has 0 aliphatic carbocycles. The quantitative estimate of drug-likeness (QED) is 0.899. The number of piperidine rings is 1. The number of rotatable bonds is 4. The lowest BCUT2D eigenvalue weighted by Gasteiger charge is -2.41. The van der Waals surface area contributed by atoms with Gasteiger partial charge in [-0.2, -0.15) is 0 Å². The molecule has 1 aromatic rings. The second-order valence-electron chi connectivity index (χ2n) is 6.38. The fraction of sp³-hybridized carbons (Fsp3) is 0.588. The molecule has 3 rings (SSSR count). The Morgan fingerprint density at radius 1 is 1.17 bits per heavy atom. The Balaban J connectivity index is 1.65. The van der Waals surface area contributed by atoms with Gasteiger partial charge in [0.2, 0.25) is 0 Å². The first-order valence-corrected chi connectivity index (χ1v) is 8.13. The summed E-state index contributed by atoms with van der Waals surface area (Å²) in [5.41, 5.74) is -0.453. The molecule has 0 spiro atoms. The molecule has 1 N–H and O–H groups in total. The van der Waals surface area contributed by atoms with Crippen LogP contribution in [0.4, 0.5) is 4.39 Å². The Morgan fingerprint density at radius 3 is 2.57 bits per heavy atom. The third kappa shape index (κ3) is 3.88. The van der Waals surface area contributed by atoms with Gasteiger partial charge in [-0.15, -0.1) is 0 Å². The number of morpholine rings is 1. The second kappa shape index (κ2) is 6.95. The summed E-state index contributed by atoms with van der Waals surface area (Å²) in [6.45, 7) is 4.16. The number of likely N-dealkylation sites (tertiary alicyclic amines) is 1. The molecule has 0 radical (unpaired) electrons. The molecular formula is C17H23FN2O3. The summed E-state index contributed by atoms with van der Waals surface area (Å²) in [6, 6.07) is 6.14. The number of carbonyl (C=O) groups is 1. The van der Waals surface area contributed by atoms with Crippen LogP contribution in [0.25, 0.3) is 0 Å². The molecule has 2 fully saturated rings. The van der Waals surface area contributed by atoms with E-state index in [4.69, 9.17) is 4.74 Å². The van der Waals surface area contributed by atoms with Crippen molar-refractivity contribution < 1.29 is 19.0 Å². The van der Waals surface area contributed by atoms with Gasteiger partial charge in [-0.05, 0) is 30.5 Å². The molecule has 2 saturated heterocycles. The van der Waals surface area contributed by atoms with Crippen molar-refractivity contribution in [2.24, 2.45) is 0 Å². The minimum absolute atomic E-state index is 0.223. The van der Waals surface area contributed by atoms with E-state index in [2.05, 4.69) is 4.90 Å². The highest BCUT2D eigenvalue weighted by Gasteiger charge is 2.43. The van der Waals surface area contributed by atoms with Crippen molar-refractivity contribution in [3.05, 3.63) is 35.6 Å². The van der Waals surface area contributed by atoms with Crippen molar-refractivity contribution in [2.45, 2.75) is 25.0 Å². The van der Waals surface area contributed by atoms with E-state index in [0.717, 1.165) is 25.1 Å². The summed E-state index contributed by atoms with van der Waals surface area (Å²) >= 11 is 0. The number of aliphatic hydroxyl groups is 1. The molecule has 5 nitrogen and oxygen atoms in total. The molecule has 126 valence electrons. The third-order valence-corrected chi connectivity index (χ3v) is 4.58. The lowest BCUT2D eigenvalue weighted by atomic mass is 9.90. The Hall–Kier alpha value is -1.50. The number of ether oxygens (including phenoxy) is 1. The first-order chi connectivity index (χ1) is 11.1. The van der Waals surface area contributed by atoms with Gasteiger partial charge in [-0.25, -0.2) is 4.39 Å². The van der Waals surface area contributed by atoms with Gasteiger partial charge in [0.25, 0.3) is 5.91 Å². The highest BCUT2D eigenvalue weighted by molar-refractivity contribution is 5.86. The summed E-state index contributed by atoms with van der Waals surface area (Å²) in [6.07, 6.45) is 1.26. The predicted molar refractivity (Wildman–Crippen MR) is 83.3 cm³/mol. The lowest BCUT2D eigenvalue weighted by Crippen LogP contribution is -2.59. The Labute approximate surface area is 135 Å². The fourth-order valence-electron chi connectivity index (χ4n) is 3.30. The van der Waals surface area contributed by atoms with Gasteiger partial charge >= 0.3 is 0 Å². The van der Waals surface area contributed by atoms with E-state index in [9.17, 15) is 14.3 Å². The van der Waals surface area contributed by atoms with Gasteiger partial charge in [0.05, 0.1) is 13.2 Å². The summed E-state index contributed by atoms with van der Waals surface area (Å²) in [5, 5.41) is 10.9. The number of benzene rings is 1. The maximum atomic E-state index is 13.0. The standard InChI is InChI=1S/C17H23FN2O3/c18-15-4-2-14(3-5-15)12-20-7-1-6-17(22,16(20)21)13-19-8-10-23-11-9-19/h2-5,22H,1,6-13H2. The van der Waals surface area contributed by atoms with Crippen LogP contribution in [0.2, 0.25) is 0 Å². The monoisotopic (exact) mass is 322 g/mol. The van der Waals surface area contributed by atoms with Crippen molar-refractivity contribution in [3.63, 3.8) is 0 Å². The predicted octanol–water partition coefficient (Wildman–Crippen LogP) is 1.01. The fourth-order valence-corrected chi connectivity index (χ4v) is 3.30. The largest absolute Gasteiger partial charge is 0.379 e. The summed E-state index contributed by atoms with van der Waals surface area (Å²) in [4.78, 5) is 16.5. The highest BCUT2D eigenvalue weighted by Crippen LogP contribution is 2.25. The molecule has 1 unspecified atom stereocenters. The topological polar surface area (TPSA) is 53.0 Å². The minimum Gasteiger partial charge on any atom is -0.379 e. The van der Waals surface area contributed by atoms with Crippen molar-refractivity contribution in [1.29, 1.82) is 0 Å². The SMILES string of the molecule is O=C1N(Cc2ccc(F)cc2)CCCC1(O)CN1CCOCC1. The van der Waals surface area contributed by atoms with Crippen LogP contribution in [-0.4, -0.2) is 65.8 Å². The van der Waals surface area contributed by atoms with Crippen molar-refractivity contribution in [2.75, 3.05) is 39.4 Å². The summed E-state index contributed by atoms with van der Waals surface area (Å²) in [7, 11) is 0.